The molecule has 4 rings (SSSR count). The average molecular weight is 483 g/mol. The molecule has 0 saturated heterocycles. The van der Waals surface area contributed by atoms with Crippen molar-refractivity contribution < 1.29 is 19.1 Å². The second kappa shape index (κ2) is 8.33. The molecule has 0 aliphatic heterocycles. The third-order valence-electron chi connectivity index (χ3n) is 4.43. The van der Waals surface area contributed by atoms with Crippen LogP contribution in [-0.2, 0) is 9.53 Å². The Balaban J connectivity index is 1.96. The van der Waals surface area contributed by atoms with Gasteiger partial charge in [-0.15, -0.1) is 0 Å². The van der Waals surface area contributed by atoms with E-state index in [1.807, 2.05) is 30.3 Å². The van der Waals surface area contributed by atoms with Gasteiger partial charge in [0.1, 0.15) is 4.88 Å². The van der Waals surface area contributed by atoms with Crippen molar-refractivity contribution in [2.24, 2.45) is 4.99 Å². The number of hydrogen-bond donors (Lipinski definition) is 0. The van der Waals surface area contributed by atoms with Crippen LogP contribution >= 0.6 is 27.3 Å². The zero-order valence-electron chi connectivity index (χ0n) is 15.8. The Kier molecular flexibility index (Phi) is 5.61. The molecule has 2 aromatic carbocycles. The number of pyridine rings is 1. The Hall–Kier alpha value is -3.10. The fourth-order valence-electron chi connectivity index (χ4n) is 3.06. The van der Waals surface area contributed by atoms with Crippen molar-refractivity contribution in [3.8, 4) is 0 Å². The van der Waals surface area contributed by atoms with E-state index in [-0.39, 0.29) is 11.5 Å². The lowest BCUT2D eigenvalue weighted by molar-refractivity contribution is -0.137. The molecule has 4 aromatic rings. The number of ketones is 1. The number of amides is 1. The van der Waals surface area contributed by atoms with E-state index in [0.29, 0.717) is 15.9 Å². The highest BCUT2D eigenvalue weighted by atomic mass is 79.9. The van der Waals surface area contributed by atoms with Gasteiger partial charge in [-0.1, -0.05) is 51.5 Å². The van der Waals surface area contributed by atoms with E-state index in [9.17, 15) is 14.4 Å². The smallest absolute Gasteiger partial charge is 0.380 e. The molecule has 0 radical (unpaired) electrons. The van der Waals surface area contributed by atoms with Gasteiger partial charge >= 0.3 is 5.97 Å². The Bertz CT molecular complexity index is 1370. The SMILES string of the molecule is CCOC(=O)C(=O)c1sc(=NC(=O)c2ccc(Br)cc2)n2ccc3ccccc3c12. The maximum Gasteiger partial charge on any atom is 0.380 e. The van der Waals surface area contributed by atoms with Crippen LogP contribution in [0.25, 0.3) is 16.3 Å². The quantitative estimate of drug-likeness (QED) is 0.245. The molecule has 2 aromatic heterocycles. The van der Waals surface area contributed by atoms with Gasteiger partial charge in [0.2, 0.25) is 0 Å². The van der Waals surface area contributed by atoms with Gasteiger partial charge in [0, 0.05) is 21.6 Å². The van der Waals surface area contributed by atoms with Gasteiger partial charge in [0.05, 0.1) is 12.1 Å². The molecule has 0 fully saturated rings. The van der Waals surface area contributed by atoms with Crippen molar-refractivity contribution in [1.82, 2.24) is 4.40 Å². The van der Waals surface area contributed by atoms with Crippen LogP contribution in [0.4, 0.5) is 0 Å². The molecule has 0 N–H and O–H groups in total. The van der Waals surface area contributed by atoms with Crippen LogP contribution in [0.1, 0.15) is 27.0 Å². The Morgan fingerprint density at radius 2 is 1.80 bits per heavy atom. The second-order valence-electron chi connectivity index (χ2n) is 6.31. The number of fused-ring (bicyclic) bond motifs is 3. The van der Waals surface area contributed by atoms with Crippen molar-refractivity contribution in [2.75, 3.05) is 6.61 Å². The fraction of sp³-hybridized carbons (Fsp3) is 0.0909. The van der Waals surface area contributed by atoms with Crippen molar-refractivity contribution in [3.05, 3.63) is 80.5 Å². The third-order valence-corrected chi connectivity index (χ3v) is 6.01. The van der Waals surface area contributed by atoms with Crippen LogP contribution in [0, 0.1) is 0 Å². The van der Waals surface area contributed by atoms with Gasteiger partial charge in [-0.3, -0.25) is 14.0 Å². The molecule has 8 heteroatoms. The molecule has 6 nitrogen and oxygen atoms in total. The van der Waals surface area contributed by atoms with Gasteiger partial charge in [-0.25, -0.2) is 4.79 Å². The van der Waals surface area contributed by atoms with E-state index in [4.69, 9.17) is 4.74 Å². The number of nitrogens with zero attached hydrogens (tertiary/aromatic N) is 2. The van der Waals surface area contributed by atoms with Crippen molar-refractivity contribution in [2.45, 2.75) is 6.92 Å². The number of esters is 1. The summed E-state index contributed by atoms with van der Waals surface area (Å²) in [5, 5.41) is 1.68. The number of carbonyl (C=O) groups is 3. The summed E-state index contributed by atoms with van der Waals surface area (Å²) < 4.78 is 7.41. The average Bonchev–Trinajstić information content (AvgIpc) is 3.12. The fourth-order valence-corrected chi connectivity index (χ4v) is 4.37. The van der Waals surface area contributed by atoms with Crippen molar-refractivity contribution >= 4 is 61.2 Å². The summed E-state index contributed by atoms with van der Waals surface area (Å²) in [5.74, 6) is -2.13. The summed E-state index contributed by atoms with van der Waals surface area (Å²) >= 11 is 4.33. The number of rotatable bonds is 4. The zero-order valence-corrected chi connectivity index (χ0v) is 18.2. The number of carbonyl (C=O) groups excluding carboxylic acids is 3. The Labute approximate surface area is 183 Å². The maximum absolute atomic E-state index is 12.8. The predicted octanol–water partition coefficient (Wildman–Crippen LogP) is 4.40. The van der Waals surface area contributed by atoms with Gasteiger partial charge < -0.3 is 4.74 Å². The van der Waals surface area contributed by atoms with Crippen LogP contribution in [0.2, 0.25) is 0 Å². The highest BCUT2D eigenvalue weighted by Gasteiger charge is 2.24. The number of benzene rings is 2. The van der Waals surface area contributed by atoms with Gasteiger partial charge in [0.25, 0.3) is 11.7 Å². The largest absolute Gasteiger partial charge is 0.460 e. The molecule has 0 spiro atoms. The summed E-state index contributed by atoms with van der Waals surface area (Å²) in [6.07, 6.45) is 1.74. The second-order valence-corrected chi connectivity index (χ2v) is 8.20. The Morgan fingerprint density at radius 1 is 1.07 bits per heavy atom. The molecule has 0 unspecified atom stereocenters. The van der Waals surface area contributed by atoms with E-state index in [2.05, 4.69) is 20.9 Å². The number of hydrogen-bond acceptors (Lipinski definition) is 5. The molecule has 0 saturated carbocycles. The van der Waals surface area contributed by atoms with Crippen LogP contribution < -0.4 is 4.80 Å². The molecule has 30 heavy (non-hydrogen) atoms. The Morgan fingerprint density at radius 3 is 2.53 bits per heavy atom. The lowest BCUT2D eigenvalue weighted by atomic mass is 10.1. The molecule has 0 aliphatic carbocycles. The van der Waals surface area contributed by atoms with E-state index in [1.54, 1.807) is 41.8 Å². The van der Waals surface area contributed by atoms with E-state index < -0.39 is 17.7 Å². The minimum atomic E-state index is -0.931. The van der Waals surface area contributed by atoms with Gasteiger partial charge in [0.15, 0.2) is 4.80 Å². The third kappa shape index (κ3) is 3.71. The number of thiazole rings is 1. The first-order valence-corrected chi connectivity index (χ1v) is 10.7. The van der Waals surface area contributed by atoms with Crippen molar-refractivity contribution in [3.63, 3.8) is 0 Å². The standard InChI is InChI=1S/C22H15BrN2O4S/c1-2-29-21(28)18(26)19-17-16-6-4-3-5-13(16)11-12-25(17)22(30-19)24-20(27)14-7-9-15(23)10-8-14/h3-12H,2H2,1H3. The first-order chi connectivity index (χ1) is 14.5. The summed E-state index contributed by atoms with van der Waals surface area (Å²) in [6, 6.07) is 16.2. The van der Waals surface area contributed by atoms with Crippen LogP contribution in [0.15, 0.2) is 70.3 Å². The van der Waals surface area contributed by atoms with Crippen LogP contribution in [-0.4, -0.2) is 28.7 Å². The molecular formula is C22H15BrN2O4S. The first kappa shape index (κ1) is 20.2. The number of aromatic nitrogens is 1. The van der Waals surface area contributed by atoms with Crippen LogP contribution in [0.5, 0.6) is 0 Å². The monoisotopic (exact) mass is 482 g/mol. The van der Waals surface area contributed by atoms with Crippen molar-refractivity contribution in [1.29, 1.82) is 0 Å². The molecule has 0 atom stereocenters. The minimum Gasteiger partial charge on any atom is -0.460 e. The zero-order chi connectivity index (χ0) is 21.3. The molecule has 150 valence electrons. The molecule has 0 bridgehead atoms. The normalized spacial score (nSPS) is 11.7. The molecule has 2 heterocycles. The van der Waals surface area contributed by atoms with E-state index >= 15 is 0 Å². The number of Topliss-reactive ketones (excluding diaryl/α,β-unsaturated/α-hetero) is 1. The summed E-state index contributed by atoms with van der Waals surface area (Å²) in [4.78, 5) is 42.3. The number of ether oxygens (including phenoxy) is 1. The van der Waals surface area contributed by atoms with Crippen LogP contribution in [0.3, 0.4) is 0 Å². The molecular weight excluding hydrogens is 468 g/mol. The number of halogens is 1. The highest BCUT2D eigenvalue weighted by Crippen LogP contribution is 2.25. The van der Waals surface area contributed by atoms with Gasteiger partial charge in [-0.2, -0.15) is 4.99 Å². The van der Waals surface area contributed by atoms with E-state index in [1.165, 1.54) is 0 Å². The summed E-state index contributed by atoms with van der Waals surface area (Å²) in [5.41, 5.74) is 0.943. The maximum atomic E-state index is 12.8. The highest BCUT2D eigenvalue weighted by molar-refractivity contribution is 9.10. The first-order valence-electron chi connectivity index (χ1n) is 9.08. The lowest BCUT2D eigenvalue weighted by Gasteiger charge is -2.04. The minimum absolute atomic E-state index is 0.0983. The molecule has 0 aliphatic rings. The summed E-state index contributed by atoms with van der Waals surface area (Å²) in [6.45, 7) is 1.74. The predicted molar refractivity (Wildman–Crippen MR) is 118 cm³/mol. The van der Waals surface area contributed by atoms with E-state index in [0.717, 1.165) is 26.6 Å². The molecule has 1 amide bonds. The summed E-state index contributed by atoms with van der Waals surface area (Å²) in [7, 11) is 0. The lowest BCUT2D eigenvalue weighted by Crippen LogP contribution is -2.16. The van der Waals surface area contributed by atoms with Gasteiger partial charge in [-0.05, 0) is 42.6 Å². The topological polar surface area (TPSA) is 77.2 Å².